The number of nitrogens with zero attached hydrogens (tertiary/aromatic N) is 1. The largest absolute Gasteiger partial charge is 0.436 e. The fraction of sp³-hybridized carbons (Fsp3) is 0.524. The van der Waals surface area contributed by atoms with Gasteiger partial charge in [-0.05, 0) is 80.2 Å². The van der Waals surface area contributed by atoms with Gasteiger partial charge in [-0.15, -0.1) is 0 Å². The van der Waals surface area contributed by atoms with Crippen molar-refractivity contribution in [2.45, 2.75) is 69.6 Å². The Labute approximate surface area is 175 Å². The smallest absolute Gasteiger partial charge is 0.315 e. The van der Waals surface area contributed by atoms with Crippen LogP contribution in [0.1, 0.15) is 60.2 Å². The number of carbonyl (C=O) groups is 1. The first-order chi connectivity index (χ1) is 13.6. The number of fused-ring (bicyclic) bond motifs is 2. The van der Waals surface area contributed by atoms with Gasteiger partial charge in [0.1, 0.15) is 23.3 Å². The zero-order valence-electron chi connectivity index (χ0n) is 16.5. The lowest BCUT2D eigenvalue weighted by molar-refractivity contribution is -0.116. The Morgan fingerprint density at radius 2 is 1.69 bits per heavy atom. The van der Waals surface area contributed by atoms with Gasteiger partial charge < -0.3 is 9.52 Å². The minimum atomic E-state index is -4.02. The Kier molecular flexibility index (Phi) is 5.12. The van der Waals surface area contributed by atoms with Gasteiger partial charge in [0.25, 0.3) is 0 Å². The molecule has 0 unspecified atom stereocenters. The maximum Gasteiger partial charge on any atom is 0.315 e. The molecule has 1 aromatic heterocycles. The second-order valence-electron chi connectivity index (χ2n) is 8.45. The number of sulfone groups is 1. The molecule has 0 spiro atoms. The van der Waals surface area contributed by atoms with Crippen LogP contribution in [0.3, 0.4) is 0 Å². The van der Waals surface area contributed by atoms with Crippen LogP contribution >= 0.6 is 11.6 Å². The van der Waals surface area contributed by atoms with Gasteiger partial charge in [0, 0.05) is 11.4 Å². The molecule has 0 fully saturated rings. The molecule has 156 valence electrons. The number of hydrogen-bond acceptors (Lipinski definition) is 6. The van der Waals surface area contributed by atoms with Gasteiger partial charge in [0.2, 0.25) is 9.84 Å². The highest BCUT2D eigenvalue weighted by molar-refractivity contribution is 7.91. The summed E-state index contributed by atoms with van der Waals surface area (Å²) in [5.74, 6) is -1.07. The van der Waals surface area contributed by atoms with Gasteiger partial charge >= 0.3 is 5.22 Å². The Hall–Kier alpha value is -1.70. The van der Waals surface area contributed by atoms with E-state index in [2.05, 4.69) is 4.98 Å². The molecule has 2 aliphatic rings. The van der Waals surface area contributed by atoms with Gasteiger partial charge in [0.15, 0.2) is 5.78 Å². The van der Waals surface area contributed by atoms with E-state index in [0.717, 1.165) is 77.6 Å². The summed E-state index contributed by atoms with van der Waals surface area (Å²) >= 11 is 6.61. The lowest BCUT2D eigenvalue weighted by Gasteiger charge is -2.16. The molecule has 1 aromatic carbocycles. The Balaban J connectivity index is 1.59. The number of aliphatic hydroxyl groups is 1. The summed E-state index contributed by atoms with van der Waals surface area (Å²) in [5, 5.41) is 10.3. The van der Waals surface area contributed by atoms with Crippen molar-refractivity contribution in [3.8, 4) is 0 Å². The molecule has 0 saturated carbocycles. The number of hydrogen-bond donors (Lipinski definition) is 1. The number of oxazole rings is 1. The van der Waals surface area contributed by atoms with Crippen LogP contribution in [0.2, 0.25) is 5.02 Å². The van der Waals surface area contributed by atoms with Gasteiger partial charge in [-0.1, -0.05) is 11.6 Å². The molecule has 0 saturated heterocycles. The third kappa shape index (κ3) is 3.76. The molecule has 0 amide bonds. The normalized spacial score (nSPS) is 16.1. The van der Waals surface area contributed by atoms with Gasteiger partial charge in [0.05, 0.1) is 0 Å². The number of Topliss-reactive ketones (excluding diaryl/α,β-unsaturated/α-hetero) is 1. The fourth-order valence-corrected chi connectivity index (χ4v) is 5.92. The van der Waals surface area contributed by atoms with Crippen LogP contribution in [0.4, 0.5) is 0 Å². The van der Waals surface area contributed by atoms with E-state index in [1.807, 2.05) is 0 Å². The van der Waals surface area contributed by atoms with Crippen molar-refractivity contribution in [1.29, 1.82) is 0 Å². The van der Waals surface area contributed by atoms with Crippen LogP contribution in [-0.4, -0.2) is 30.0 Å². The Morgan fingerprint density at radius 1 is 1.14 bits per heavy atom. The first kappa shape index (κ1) is 20.6. The van der Waals surface area contributed by atoms with E-state index in [-0.39, 0.29) is 12.1 Å². The van der Waals surface area contributed by atoms with Gasteiger partial charge in [-0.25, -0.2) is 13.4 Å². The maximum atomic E-state index is 12.8. The molecule has 29 heavy (non-hydrogen) atoms. The number of carbonyl (C=O) groups excluding carboxylic acids is 1. The first-order valence-corrected chi connectivity index (χ1v) is 11.9. The van der Waals surface area contributed by atoms with E-state index in [1.54, 1.807) is 0 Å². The van der Waals surface area contributed by atoms with Gasteiger partial charge in [-0.2, -0.15) is 0 Å². The third-order valence-corrected chi connectivity index (χ3v) is 7.67. The summed E-state index contributed by atoms with van der Waals surface area (Å²) in [7, 11) is -4.02. The number of halogens is 1. The Bertz CT molecular complexity index is 1060. The monoisotopic (exact) mass is 437 g/mol. The van der Waals surface area contributed by atoms with Crippen LogP contribution < -0.4 is 0 Å². The van der Waals surface area contributed by atoms with Crippen LogP contribution in [-0.2, 0) is 52.3 Å². The predicted molar refractivity (Wildman–Crippen MR) is 108 cm³/mol. The molecule has 1 heterocycles. The SMILES string of the molecule is CC(C)(O)c1coc(S(=O)(=O)CC(=O)Cc2c3c(c(Cl)c4c2CCC4)CCC3)n1. The quantitative estimate of drug-likeness (QED) is 0.745. The average molecular weight is 438 g/mol. The molecule has 0 atom stereocenters. The van der Waals surface area contributed by atoms with E-state index < -0.39 is 32.2 Å². The summed E-state index contributed by atoms with van der Waals surface area (Å²) in [6.07, 6.45) is 6.80. The maximum absolute atomic E-state index is 12.8. The lowest BCUT2D eigenvalue weighted by atomic mass is 9.91. The summed E-state index contributed by atoms with van der Waals surface area (Å²) in [6, 6.07) is 0. The number of aromatic nitrogens is 1. The zero-order valence-corrected chi connectivity index (χ0v) is 18.1. The molecular weight excluding hydrogens is 414 g/mol. The third-order valence-electron chi connectivity index (χ3n) is 5.80. The minimum Gasteiger partial charge on any atom is -0.436 e. The molecule has 4 rings (SSSR count). The highest BCUT2D eigenvalue weighted by Gasteiger charge is 2.32. The summed E-state index contributed by atoms with van der Waals surface area (Å²) < 4.78 is 30.3. The van der Waals surface area contributed by atoms with Crippen molar-refractivity contribution in [2.75, 3.05) is 5.75 Å². The number of rotatable bonds is 6. The average Bonchev–Trinajstić information content (AvgIpc) is 3.37. The minimum absolute atomic E-state index is 0.0835. The van der Waals surface area contributed by atoms with Crippen molar-refractivity contribution in [3.05, 3.63) is 44.8 Å². The number of ketones is 1. The molecule has 8 heteroatoms. The van der Waals surface area contributed by atoms with Crippen molar-refractivity contribution in [3.63, 3.8) is 0 Å². The van der Waals surface area contributed by atoms with E-state index in [9.17, 15) is 18.3 Å². The van der Waals surface area contributed by atoms with Crippen molar-refractivity contribution < 1.29 is 22.7 Å². The number of benzene rings is 1. The van der Waals surface area contributed by atoms with Crippen LogP contribution in [0.5, 0.6) is 0 Å². The lowest BCUT2D eigenvalue weighted by Crippen LogP contribution is -2.21. The summed E-state index contributed by atoms with van der Waals surface area (Å²) in [5.41, 5.74) is 4.33. The second kappa shape index (κ2) is 7.22. The van der Waals surface area contributed by atoms with E-state index >= 15 is 0 Å². The van der Waals surface area contributed by atoms with Crippen LogP contribution in [0.25, 0.3) is 0 Å². The molecule has 0 bridgehead atoms. The first-order valence-electron chi connectivity index (χ1n) is 9.84. The predicted octanol–water partition coefficient (Wildman–Crippen LogP) is 3.12. The fourth-order valence-electron chi connectivity index (χ4n) is 4.42. The molecule has 1 N–H and O–H groups in total. The molecule has 2 aromatic rings. The second-order valence-corrected chi connectivity index (χ2v) is 10.7. The molecule has 0 radical (unpaired) electrons. The molecule has 6 nitrogen and oxygen atoms in total. The highest BCUT2D eigenvalue weighted by atomic mass is 35.5. The van der Waals surface area contributed by atoms with E-state index in [4.69, 9.17) is 16.0 Å². The highest BCUT2D eigenvalue weighted by Crippen LogP contribution is 2.41. The van der Waals surface area contributed by atoms with Crippen molar-refractivity contribution in [2.24, 2.45) is 0 Å². The van der Waals surface area contributed by atoms with Crippen molar-refractivity contribution in [1.82, 2.24) is 4.98 Å². The van der Waals surface area contributed by atoms with Crippen molar-refractivity contribution >= 4 is 27.2 Å². The Morgan fingerprint density at radius 3 is 2.21 bits per heavy atom. The van der Waals surface area contributed by atoms with E-state index in [0.29, 0.717) is 0 Å². The molecule has 0 aliphatic heterocycles. The van der Waals surface area contributed by atoms with Crippen LogP contribution in [0, 0.1) is 0 Å². The zero-order chi connectivity index (χ0) is 21.0. The van der Waals surface area contributed by atoms with Gasteiger partial charge in [-0.3, -0.25) is 4.79 Å². The molecular formula is C21H24ClNO5S. The standard InChI is InChI=1S/C21H24ClNO5S/c1-21(2,25)18-10-28-20(23-18)29(26,27)11-12(24)9-17-13-5-3-7-15(13)19(22)16-8-4-6-14(16)17/h10,25H,3-9,11H2,1-2H3. The van der Waals surface area contributed by atoms with E-state index in [1.165, 1.54) is 13.8 Å². The summed E-state index contributed by atoms with van der Waals surface area (Å²) in [6.45, 7) is 2.96. The topological polar surface area (TPSA) is 97.5 Å². The summed E-state index contributed by atoms with van der Waals surface area (Å²) in [4.78, 5) is 16.6. The van der Waals surface area contributed by atoms with Crippen LogP contribution in [0.15, 0.2) is 15.9 Å². The molecule has 2 aliphatic carbocycles.